The summed E-state index contributed by atoms with van der Waals surface area (Å²) in [5.41, 5.74) is 7.81. The largest absolute Gasteiger partial charge is 0.323 e. The summed E-state index contributed by atoms with van der Waals surface area (Å²) in [6.07, 6.45) is 0. The summed E-state index contributed by atoms with van der Waals surface area (Å²) < 4.78 is 0. The van der Waals surface area contributed by atoms with Crippen molar-refractivity contribution in [1.29, 1.82) is 5.41 Å². The molecule has 3 aromatic carbocycles. The number of hydrazone groups is 1. The minimum Gasteiger partial charge on any atom is -0.323 e. The van der Waals surface area contributed by atoms with E-state index in [1.54, 1.807) is 0 Å². The molecule has 1 aromatic heterocycles. The van der Waals surface area contributed by atoms with Crippen molar-refractivity contribution in [1.82, 2.24) is 15.4 Å². The number of rotatable bonds is 5. The highest BCUT2D eigenvalue weighted by Crippen LogP contribution is 2.29. The lowest BCUT2D eigenvalue weighted by molar-refractivity contribution is 0.944. The van der Waals surface area contributed by atoms with E-state index >= 15 is 0 Å². The molecular weight excluding hydrogens is 372 g/mol. The molecule has 1 heterocycles. The van der Waals surface area contributed by atoms with Crippen LogP contribution < -0.4 is 5.84 Å². The van der Waals surface area contributed by atoms with Gasteiger partial charge in [-0.1, -0.05) is 65.7 Å². The predicted octanol–water partition coefficient (Wildman–Crippen LogP) is 4.49. The van der Waals surface area contributed by atoms with Crippen LogP contribution in [0.2, 0.25) is 0 Å². The zero-order valence-corrected chi connectivity index (χ0v) is 16.8. The topological polar surface area (TPSA) is 104 Å². The number of nitrogens with one attached hydrogen (secondary N) is 2. The molecule has 0 aliphatic rings. The Morgan fingerprint density at radius 2 is 1.37 bits per heavy atom. The van der Waals surface area contributed by atoms with Crippen molar-refractivity contribution < 1.29 is 0 Å². The fourth-order valence-electron chi connectivity index (χ4n) is 3.46. The molecule has 0 fully saturated rings. The van der Waals surface area contributed by atoms with E-state index in [2.05, 4.69) is 26.6 Å². The van der Waals surface area contributed by atoms with Crippen molar-refractivity contribution in [3.63, 3.8) is 0 Å². The van der Waals surface area contributed by atoms with Crippen LogP contribution in [0, 0.1) is 19.3 Å². The van der Waals surface area contributed by atoms with Gasteiger partial charge in [0.2, 0.25) is 0 Å². The zero-order chi connectivity index (χ0) is 21.1. The molecule has 0 aliphatic heterocycles. The van der Waals surface area contributed by atoms with E-state index in [-0.39, 0.29) is 5.71 Å². The molecule has 30 heavy (non-hydrogen) atoms. The number of H-pyrrole nitrogens is 1. The van der Waals surface area contributed by atoms with Crippen LogP contribution >= 0.6 is 0 Å². The van der Waals surface area contributed by atoms with E-state index in [1.165, 1.54) is 0 Å². The molecule has 4 aromatic rings. The number of aromatic nitrogens is 3. The van der Waals surface area contributed by atoms with E-state index in [0.717, 1.165) is 39.2 Å². The Hall–Kier alpha value is -4.06. The molecule has 6 heteroatoms. The number of aromatic amines is 1. The van der Waals surface area contributed by atoms with Crippen LogP contribution in [0.4, 0.5) is 0 Å². The number of aryl methyl sites for hydroxylation is 2. The highest BCUT2D eigenvalue weighted by atomic mass is 15.3. The first-order valence-electron chi connectivity index (χ1n) is 9.59. The molecule has 0 saturated heterocycles. The molecule has 0 amide bonds. The van der Waals surface area contributed by atoms with Gasteiger partial charge in [-0.05, 0) is 32.0 Å². The van der Waals surface area contributed by atoms with Gasteiger partial charge in [0.05, 0.1) is 5.71 Å². The maximum absolute atomic E-state index is 8.71. The molecule has 0 radical (unpaired) electrons. The van der Waals surface area contributed by atoms with Crippen molar-refractivity contribution in [3.05, 3.63) is 95.1 Å². The lowest BCUT2D eigenvalue weighted by atomic mass is 9.96. The van der Waals surface area contributed by atoms with Gasteiger partial charge in [-0.3, -0.25) is 5.41 Å². The fraction of sp³-hybridized carbons (Fsp3) is 0.0833. The molecule has 4 N–H and O–H groups in total. The summed E-state index contributed by atoms with van der Waals surface area (Å²) in [5.74, 6) is 5.66. The average Bonchev–Trinajstić information content (AvgIpc) is 3.24. The smallest absolute Gasteiger partial charge is 0.120 e. The normalized spacial score (nSPS) is 11.5. The third-order valence-corrected chi connectivity index (χ3v) is 4.92. The van der Waals surface area contributed by atoms with Gasteiger partial charge in [0.15, 0.2) is 0 Å². The second kappa shape index (κ2) is 8.13. The summed E-state index contributed by atoms with van der Waals surface area (Å²) in [6.45, 7) is 4.05. The molecular formula is C24H22N6. The third-order valence-electron chi connectivity index (χ3n) is 4.92. The van der Waals surface area contributed by atoms with E-state index in [9.17, 15) is 0 Å². The number of nitrogens with two attached hydrogens (primary N) is 1. The highest BCUT2D eigenvalue weighted by Gasteiger charge is 2.16. The van der Waals surface area contributed by atoms with Gasteiger partial charge >= 0.3 is 0 Å². The van der Waals surface area contributed by atoms with Crippen molar-refractivity contribution in [3.8, 4) is 22.5 Å². The van der Waals surface area contributed by atoms with Crippen molar-refractivity contribution in [2.24, 2.45) is 10.9 Å². The molecule has 0 atom stereocenters. The van der Waals surface area contributed by atoms with Crippen LogP contribution in [0.25, 0.3) is 22.5 Å². The summed E-state index contributed by atoms with van der Waals surface area (Å²) in [5, 5.41) is 24.1. The molecule has 4 rings (SSSR count). The third kappa shape index (κ3) is 3.75. The Bertz CT molecular complexity index is 1250. The lowest BCUT2D eigenvalue weighted by Gasteiger charge is -2.10. The highest BCUT2D eigenvalue weighted by molar-refractivity contribution is 6.52. The number of nitrogens with zero attached hydrogens (tertiary/aromatic N) is 3. The fourth-order valence-corrected chi connectivity index (χ4v) is 3.46. The van der Waals surface area contributed by atoms with Crippen molar-refractivity contribution in [2.75, 3.05) is 0 Å². The molecule has 0 spiro atoms. The van der Waals surface area contributed by atoms with Gasteiger partial charge in [0.25, 0.3) is 0 Å². The molecule has 6 nitrogen and oxygen atoms in total. The van der Waals surface area contributed by atoms with E-state index in [4.69, 9.17) is 11.3 Å². The lowest BCUT2D eigenvalue weighted by Crippen LogP contribution is -2.18. The maximum atomic E-state index is 8.71. The molecule has 0 saturated carbocycles. The summed E-state index contributed by atoms with van der Waals surface area (Å²) in [4.78, 5) is 0. The summed E-state index contributed by atoms with van der Waals surface area (Å²) in [7, 11) is 0. The Morgan fingerprint density at radius 1 is 0.800 bits per heavy atom. The van der Waals surface area contributed by atoms with Crippen molar-refractivity contribution >= 4 is 11.4 Å². The quantitative estimate of drug-likeness (QED) is 0.264. The second-order valence-corrected chi connectivity index (χ2v) is 7.19. The second-order valence-electron chi connectivity index (χ2n) is 7.19. The van der Waals surface area contributed by atoms with Crippen molar-refractivity contribution in [2.45, 2.75) is 13.8 Å². The van der Waals surface area contributed by atoms with Crippen LogP contribution in [0.3, 0.4) is 0 Å². The van der Waals surface area contributed by atoms with Crippen LogP contribution in [0.1, 0.15) is 22.3 Å². The molecule has 0 unspecified atom stereocenters. The first-order chi connectivity index (χ1) is 14.6. The van der Waals surface area contributed by atoms with Crippen LogP contribution in [0.5, 0.6) is 0 Å². The Kier molecular flexibility index (Phi) is 5.22. The van der Waals surface area contributed by atoms with E-state index in [0.29, 0.717) is 11.3 Å². The van der Waals surface area contributed by atoms with Crippen LogP contribution in [0.15, 0.2) is 77.9 Å². The average molecular weight is 394 g/mol. The maximum Gasteiger partial charge on any atom is 0.120 e. The first kappa shape index (κ1) is 19.3. The Balaban J connectivity index is 1.72. The number of hydrogen-bond acceptors (Lipinski definition) is 5. The van der Waals surface area contributed by atoms with Gasteiger partial charge in [-0.15, -0.1) is 0 Å². The zero-order valence-electron chi connectivity index (χ0n) is 16.8. The van der Waals surface area contributed by atoms with Crippen LogP contribution in [-0.2, 0) is 0 Å². The Labute approximate surface area is 175 Å². The van der Waals surface area contributed by atoms with Gasteiger partial charge in [-0.2, -0.15) is 20.5 Å². The summed E-state index contributed by atoms with van der Waals surface area (Å²) >= 11 is 0. The predicted molar refractivity (Wildman–Crippen MR) is 121 cm³/mol. The molecule has 0 bridgehead atoms. The van der Waals surface area contributed by atoms with Gasteiger partial charge in [0, 0.05) is 22.3 Å². The minimum absolute atomic E-state index is 0.255. The first-order valence-corrected chi connectivity index (χ1v) is 9.59. The number of hydrogen-bond donors (Lipinski definition) is 3. The monoisotopic (exact) mass is 394 g/mol. The Morgan fingerprint density at radius 3 is 2.00 bits per heavy atom. The molecule has 148 valence electrons. The van der Waals surface area contributed by atoms with E-state index < -0.39 is 0 Å². The SMILES string of the molecule is Cc1cccc(/C(=N/N)C(=N)c2cccc(-c3n[nH]nc3-c3cccc(C)c3)c2)c1. The number of benzene rings is 3. The van der Waals surface area contributed by atoms with Gasteiger partial charge in [-0.25, -0.2) is 0 Å². The minimum atomic E-state index is 0.255. The van der Waals surface area contributed by atoms with Gasteiger partial charge in [0.1, 0.15) is 17.1 Å². The van der Waals surface area contributed by atoms with Crippen LogP contribution in [-0.4, -0.2) is 26.8 Å². The van der Waals surface area contributed by atoms with E-state index in [1.807, 2.05) is 80.6 Å². The molecule has 0 aliphatic carbocycles. The standard InChI is InChI=1S/C24H22N6/c1-15-6-3-9-18(12-15)22(27-26)21(25)17-8-5-11-20(14-17)24-23(28-30-29-24)19-10-4-7-16(2)13-19/h3-14,25H,26H2,1-2H3,(H,28,29,30)/b25-21?,27-22-. The van der Waals surface area contributed by atoms with Gasteiger partial charge < -0.3 is 5.84 Å². The summed E-state index contributed by atoms with van der Waals surface area (Å²) in [6, 6.07) is 23.6.